The minimum Gasteiger partial charge on any atom is -0.497 e. The van der Waals surface area contributed by atoms with Crippen molar-refractivity contribution in [2.24, 2.45) is 0 Å². The number of aliphatic hydroxyl groups is 1. The van der Waals surface area contributed by atoms with Crippen molar-refractivity contribution < 1.29 is 24.1 Å². The lowest BCUT2D eigenvalue weighted by Gasteiger charge is -2.24. The van der Waals surface area contributed by atoms with Crippen LogP contribution in [0.4, 0.5) is 4.79 Å². The van der Waals surface area contributed by atoms with E-state index in [1.54, 1.807) is 46.1 Å². The predicted molar refractivity (Wildman–Crippen MR) is 94.3 cm³/mol. The average Bonchev–Trinajstić information content (AvgIpc) is 2.94. The van der Waals surface area contributed by atoms with Gasteiger partial charge in [-0.25, -0.2) is 14.8 Å². The van der Waals surface area contributed by atoms with Crippen LogP contribution in [0.2, 0.25) is 0 Å². The Morgan fingerprint density at radius 3 is 2.73 bits per heavy atom. The number of methoxy groups -OCH3 is 1. The van der Waals surface area contributed by atoms with Crippen LogP contribution in [0, 0.1) is 0 Å². The zero-order valence-corrected chi connectivity index (χ0v) is 15.3. The molecule has 2 aromatic rings. The molecule has 8 heteroatoms. The number of aliphatic hydroxyl groups excluding tert-OH is 1. The summed E-state index contributed by atoms with van der Waals surface area (Å²) in [6.45, 7) is 5.75. The van der Waals surface area contributed by atoms with E-state index in [-0.39, 0.29) is 13.1 Å². The molecule has 0 aliphatic carbocycles. The number of aromatic nitrogens is 2. The molecule has 8 nitrogen and oxygen atoms in total. The first-order valence-corrected chi connectivity index (χ1v) is 8.38. The molecule has 0 saturated carbocycles. The number of nitrogens with zero attached hydrogens (tertiary/aromatic N) is 3. The lowest BCUT2D eigenvalue weighted by Crippen LogP contribution is -2.36. The van der Waals surface area contributed by atoms with Crippen molar-refractivity contribution >= 4 is 17.0 Å². The molecule has 0 bridgehead atoms. The number of carbonyl (C=O) groups is 1. The summed E-state index contributed by atoms with van der Waals surface area (Å²) in [4.78, 5) is 22.0. The zero-order chi connectivity index (χ0) is 18.9. The zero-order valence-electron chi connectivity index (χ0n) is 15.3. The number of benzene rings is 1. The van der Waals surface area contributed by atoms with Crippen LogP contribution >= 0.6 is 0 Å². The van der Waals surface area contributed by atoms with Crippen LogP contribution in [0.1, 0.15) is 20.8 Å². The number of carbonyl (C=O) groups excluding carboxylic acids is 1. The molecular formula is C18H23N3O5. The largest absolute Gasteiger partial charge is 0.497 e. The summed E-state index contributed by atoms with van der Waals surface area (Å²) in [5.41, 5.74) is 0.104. The van der Waals surface area contributed by atoms with Gasteiger partial charge in [-0.2, -0.15) is 0 Å². The third-order valence-corrected chi connectivity index (χ3v) is 3.96. The molecule has 1 fully saturated rings. The highest BCUT2D eigenvalue weighted by Gasteiger charge is 2.38. The lowest BCUT2D eigenvalue weighted by molar-refractivity contribution is 0.0268. The molecule has 1 aromatic heterocycles. The van der Waals surface area contributed by atoms with Crippen LogP contribution in [0.5, 0.6) is 11.6 Å². The molecule has 0 radical (unpaired) electrons. The second-order valence-corrected chi connectivity index (χ2v) is 7.17. The highest BCUT2D eigenvalue weighted by atomic mass is 16.6. The van der Waals surface area contributed by atoms with Crippen LogP contribution < -0.4 is 9.47 Å². The fraction of sp³-hybridized carbons (Fsp3) is 0.500. The van der Waals surface area contributed by atoms with Gasteiger partial charge in [0.25, 0.3) is 0 Å². The molecule has 0 spiro atoms. The minimum atomic E-state index is -0.835. The fourth-order valence-electron chi connectivity index (χ4n) is 2.72. The first-order chi connectivity index (χ1) is 12.3. The summed E-state index contributed by atoms with van der Waals surface area (Å²) in [5.74, 6) is 0.989. The predicted octanol–water partition coefficient (Wildman–Crippen LogP) is 2.00. The Labute approximate surface area is 151 Å². The molecule has 2 heterocycles. The van der Waals surface area contributed by atoms with Crippen molar-refractivity contribution in [1.82, 2.24) is 14.9 Å². The standard InChI is InChI=1S/C18H23N3O5/c1-18(2,3)26-17(23)21-8-14(22)15(9-21)25-16-12-7-11(24-4)5-6-13(12)19-10-20-16/h5-7,10,14-15,22H,8-9H2,1-4H3/t14-,15+/m1/s1. The average molecular weight is 361 g/mol. The Morgan fingerprint density at radius 2 is 2.04 bits per heavy atom. The van der Waals surface area contributed by atoms with Gasteiger partial charge in [-0.3, -0.25) is 0 Å². The minimum absolute atomic E-state index is 0.145. The maximum absolute atomic E-state index is 12.2. The number of amides is 1. The number of hydrogen-bond donors (Lipinski definition) is 1. The molecule has 1 aliphatic rings. The topological polar surface area (TPSA) is 94.0 Å². The van der Waals surface area contributed by atoms with Gasteiger partial charge in [0.05, 0.1) is 31.1 Å². The lowest BCUT2D eigenvalue weighted by atomic mass is 10.2. The Bertz CT molecular complexity index is 805. The normalized spacial score (nSPS) is 20.3. The van der Waals surface area contributed by atoms with Gasteiger partial charge in [0.2, 0.25) is 5.88 Å². The van der Waals surface area contributed by atoms with E-state index in [1.807, 2.05) is 0 Å². The van der Waals surface area contributed by atoms with E-state index in [4.69, 9.17) is 14.2 Å². The first-order valence-electron chi connectivity index (χ1n) is 8.38. The number of fused-ring (bicyclic) bond motifs is 1. The van der Waals surface area contributed by atoms with Crippen molar-refractivity contribution in [2.45, 2.75) is 38.6 Å². The number of ether oxygens (including phenoxy) is 3. The van der Waals surface area contributed by atoms with Gasteiger partial charge in [-0.05, 0) is 39.0 Å². The molecule has 1 aliphatic heterocycles. The second kappa shape index (κ2) is 6.95. The van der Waals surface area contributed by atoms with Crippen LogP contribution in [-0.2, 0) is 4.74 Å². The van der Waals surface area contributed by atoms with E-state index in [0.29, 0.717) is 22.5 Å². The van der Waals surface area contributed by atoms with Crippen LogP contribution in [0.15, 0.2) is 24.5 Å². The van der Waals surface area contributed by atoms with E-state index < -0.39 is 23.9 Å². The summed E-state index contributed by atoms with van der Waals surface area (Å²) >= 11 is 0. The summed E-state index contributed by atoms with van der Waals surface area (Å²) in [5, 5.41) is 11.0. The van der Waals surface area contributed by atoms with Crippen molar-refractivity contribution in [3.8, 4) is 11.6 Å². The van der Waals surface area contributed by atoms with Crippen molar-refractivity contribution in [2.75, 3.05) is 20.2 Å². The highest BCUT2D eigenvalue weighted by Crippen LogP contribution is 2.28. The fourth-order valence-corrected chi connectivity index (χ4v) is 2.72. The van der Waals surface area contributed by atoms with Crippen molar-refractivity contribution in [3.05, 3.63) is 24.5 Å². The van der Waals surface area contributed by atoms with Gasteiger partial charge < -0.3 is 24.2 Å². The van der Waals surface area contributed by atoms with Crippen LogP contribution in [0.25, 0.3) is 10.9 Å². The Kier molecular flexibility index (Phi) is 4.86. The molecule has 1 saturated heterocycles. The summed E-state index contributed by atoms with van der Waals surface area (Å²) in [6.07, 6.45) is -0.515. The smallest absolute Gasteiger partial charge is 0.410 e. The van der Waals surface area contributed by atoms with Crippen molar-refractivity contribution in [3.63, 3.8) is 0 Å². The van der Waals surface area contributed by atoms with Crippen LogP contribution in [0.3, 0.4) is 0 Å². The van der Waals surface area contributed by atoms with Crippen LogP contribution in [-0.4, -0.2) is 64.1 Å². The number of likely N-dealkylation sites (tertiary alicyclic amines) is 1. The van der Waals surface area contributed by atoms with Gasteiger partial charge >= 0.3 is 6.09 Å². The number of β-amino-alcohol motifs (C(OH)–C–C–N with tert-alkyl or cyclic N) is 1. The monoisotopic (exact) mass is 361 g/mol. The Morgan fingerprint density at radius 1 is 1.27 bits per heavy atom. The van der Waals surface area contributed by atoms with Gasteiger partial charge in [0.15, 0.2) is 0 Å². The molecule has 140 valence electrons. The molecule has 0 unspecified atom stereocenters. The van der Waals surface area contributed by atoms with Crippen molar-refractivity contribution in [1.29, 1.82) is 0 Å². The number of rotatable bonds is 3. The molecular weight excluding hydrogens is 338 g/mol. The van der Waals surface area contributed by atoms with E-state index in [2.05, 4.69) is 9.97 Å². The highest BCUT2D eigenvalue weighted by molar-refractivity contribution is 5.84. The summed E-state index contributed by atoms with van der Waals surface area (Å²) < 4.78 is 16.5. The Hall–Kier alpha value is -2.61. The van der Waals surface area contributed by atoms with E-state index in [0.717, 1.165) is 0 Å². The van der Waals surface area contributed by atoms with E-state index >= 15 is 0 Å². The van der Waals surface area contributed by atoms with Gasteiger partial charge in [0, 0.05) is 0 Å². The molecule has 1 amide bonds. The van der Waals surface area contributed by atoms with Gasteiger partial charge in [0.1, 0.15) is 29.9 Å². The Balaban J connectivity index is 1.77. The third kappa shape index (κ3) is 3.96. The molecule has 26 heavy (non-hydrogen) atoms. The molecule has 2 atom stereocenters. The molecule has 1 aromatic carbocycles. The summed E-state index contributed by atoms with van der Waals surface area (Å²) in [7, 11) is 1.57. The number of hydrogen-bond acceptors (Lipinski definition) is 7. The molecule has 1 N–H and O–H groups in total. The van der Waals surface area contributed by atoms with E-state index in [9.17, 15) is 9.90 Å². The quantitative estimate of drug-likeness (QED) is 0.893. The maximum Gasteiger partial charge on any atom is 0.410 e. The van der Waals surface area contributed by atoms with E-state index in [1.165, 1.54) is 11.2 Å². The van der Waals surface area contributed by atoms with Gasteiger partial charge in [-0.15, -0.1) is 0 Å². The summed E-state index contributed by atoms with van der Waals surface area (Å²) in [6, 6.07) is 5.38. The third-order valence-electron chi connectivity index (χ3n) is 3.96. The van der Waals surface area contributed by atoms with Gasteiger partial charge in [-0.1, -0.05) is 0 Å². The maximum atomic E-state index is 12.2. The molecule has 3 rings (SSSR count). The second-order valence-electron chi connectivity index (χ2n) is 7.17. The first kappa shape index (κ1) is 18.2. The SMILES string of the molecule is COc1ccc2ncnc(O[C@H]3CN(C(=O)OC(C)(C)C)C[C@H]3O)c2c1.